The second-order valence-corrected chi connectivity index (χ2v) is 7.75. The Labute approximate surface area is 137 Å². The number of likely N-dealkylation sites (tertiary alicyclic amines) is 1. The van der Waals surface area contributed by atoms with Crippen molar-refractivity contribution in [1.29, 1.82) is 0 Å². The first-order valence-corrected chi connectivity index (χ1v) is 9.23. The Hall–Kier alpha value is -1.34. The van der Waals surface area contributed by atoms with Crippen LogP contribution in [0.3, 0.4) is 0 Å². The molecule has 3 rings (SSSR count). The summed E-state index contributed by atoms with van der Waals surface area (Å²) in [6, 6.07) is 1.80. The molecule has 1 aliphatic rings. The van der Waals surface area contributed by atoms with Crippen molar-refractivity contribution in [3.8, 4) is 0 Å². The zero-order valence-electron chi connectivity index (χ0n) is 12.7. The van der Waals surface area contributed by atoms with Crippen LogP contribution in [0.15, 0.2) is 21.4 Å². The highest BCUT2D eigenvalue weighted by Gasteiger charge is 2.24. The first kappa shape index (κ1) is 15.6. The lowest BCUT2D eigenvalue weighted by atomic mass is 10.1. The Kier molecular flexibility index (Phi) is 4.54. The highest BCUT2D eigenvalue weighted by molar-refractivity contribution is 8.00. The van der Waals surface area contributed by atoms with Gasteiger partial charge in [0, 0.05) is 20.1 Å². The molecule has 0 bridgehead atoms. The van der Waals surface area contributed by atoms with Gasteiger partial charge in [0.1, 0.15) is 4.83 Å². The summed E-state index contributed by atoms with van der Waals surface area (Å²) in [5.74, 6) is 0.144. The molecule has 2 aromatic heterocycles. The van der Waals surface area contributed by atoms with Gasteiger partial charge >= 0.3 is 0 Å². The number of thioether (sulfide) groups is 1. The molecule has 0 saturated carbocycles. The zero-order chi connectivity index (χ0) is 15.7. The molecule has 2 aromatic rings. The Morgan fingerprint density at radius 2 is 2.09 bits per heavy atom. The predicted octanol–water partition coefficient (Wildman–Crippen LogP) is 2.49. The summed E-state index contributed by atoms with van der Waals surface area (Å²) < 4.78 is 1.54. The van der Waals surface area contributed by atoms with Crippen LogP contribution in [-0.2, 0) is 11.8 Å². The lowest BCUT2D eigenvalue weighted by Crippen LogP contribution is -2.40. The fourth-order valence-corrected chi connectivity index (χ4v) is 4.43. The molecule has 1 aliphatic heterocycles. The number of amides is 1. The van der Waals surface area contributed by atoms with Gasteiger partial charge in [-0.25, -0.2) is 4.98 Å². The second kappa shape index (κ2) is 6.42. The van der Waals surface area contributed by atoms with Crippen LogP contribution in [0.5, 0.6) is 0 Å². The van der Waals surface area contributed by atoms with E-state index < -0.39 is 0 Å². The van der Waals surface area contributed by atoms with E-state index in [4.69, 9.17) is 0 Å². The Bertz CT molecular complexity index is 747. The smallest absolute Gasteiger partial charge is 0.262 e. The summed E-state index contributed by atoms with van der Waals surface area (Å²) in [5, 5.41) is 2.90. The first-order valence-electron chi connectivity index (χ1n) is 7.47. The minimum Gasteiger partial charge on any atom is -0.342 e. The normalized spacial score (nSPS) is 16.9. The van der Waals surface area contributed by atoms with E-state index in [2.05, 4.69) is 4.98 Å². The summed E-state index contributed by atoms with van der Waals surface area (Å²) in [6.45, 7) is 3.59. The summed E-state index contributed by atoms with van der Waals surface area (Å²) in [4.78, 5) is 32.0. The highest BCUT2D eigenvalue weighted by Crippen LogP contribution is 2.25. The highest BCUT2D eigenvalue weighted by atomic mass is 32.2. The lowest BCUT2D eigenvalue weighted by Gasteiger charge is -2.29. The van der Waals surface area contributed by atoms with Crippen LogP contribution in [0.4, 0.5) is 0 Å². The lowest BCUT2D eigenvalue weighted by molar-refractivity contribution is -0.131. The van der Waals surface area contributed by atoms with Crippen molar-refractivity contribution in [2.45, 2.75) is 36.6 Å². The number of carbonyl (C=O) groups is 1. The van der Waals surface area contributed by atoms with Crippen LogP contribution in [0.1, 0.15) is 26.2 Å². The number of carbonyl (C=O) groups excluding carboxylic acids is 1. The summed E-state index contributed by atoms with van der Waals surface area (Å²) in [7, 11) is 1.72. The van der Waals surface area contributed by atoms with Crippen molar-refractivity contribution in [2.24, 2.45) is 7.05 Å². The van der Waals surface area contributed by atoms with Crippen LogP contribution in [-0.4, -0.2) is 38.7 Å². The average molecular weight is 337 g/mol. The summed E-state index contributed by atoms with van der Waals surface area (Å²) in [5.41, 5.74) is -0.0497. The van der Waals surface area contributed by atoms with Gasteiger partial charge in [0.25, 0.3) is 5.56 Å². The summed E-state index contributed by atoms with van der Waals surface area (Å²) in [6.07, 6.45) is 3.37. The van der Waals surface area contributed by atoms with E-state index in [0.717, 1.165) is 30.8 Å². The minimum absolute atomic E-state index is 0.0497. The quantitative estimate of drug-likeness (QED) is 0.638. The van der Waals surface area contributed by atoms with E-state index in [1.165, 1.54) is 29.5 Å². The zero-order valence-corrected chi connectivity index (χ0v) is 14.4. The predicted molar refractivity (Wildman–Crippen MR) is 90.6 cm³/mol. The molecule has 0 radical (unpaired) electrons. The molecule has 1 saturated heterocycles. The van der Waals surface area contributed by atoms with Gasteiger partial charge in [-0.3, -0.25) is 14.2 Å². The van der Waals surface area contributed by atoms with Crippen LogP contribution in [0, 0.1) is 0 Å². The average Bonchev–Trinajstić information content (AvgIpc) is 3.01. The number of thiophene rings is 1. The van der Waals surface area contributed by atoms with Crippen LogP contribution in [0.2, 0.25) is 0 Å². The van der Waals surface area contributed by atoms with Gasteiger partial charge in [-0.15, -0.1) is 11.3 Å². The number of hydrogen-bond donors (Lipinski definition) is 0. The standard InChI is InChI=1S/C15H19N3O2S2/c1-10(13(19)18-7-4-3-5-8-18)22-15-16-12-11(6-9-21-12)14(20)17(15)2/h6,9-10H,3-5,7-8H2,1-2H3. The van der Waals surface area contributed by atoms with E-state index in [1.807, 2.05) is 17.2 Å². The second-order valence-electron chi connectivity index (χ2n) is 5.54. The molecule has 1 amide bonds. The number of hydrogen-bond acceptors (Lipinski definition) is 5. The van der Waals surface area contributed by atoms with Crippen molar-refractivity contribution < 1.29 is 4.79 Å². The van der Waals surface area contributed by atoms with Gasteiger partial charge in [-0.1, -0.05) is 11.8 Å². The molecular formula is C15H19N3O2S2. The molecule has 7 heteroatoms. The molecule has 3 heterocycles. The molecule has 5 nitrogen and oxygen atoms in total. The first-order chi connectivity index (χ1) is 10.6. The Balaban J connectivity index is 1.81. The maximum atomic E-state index is 12.5. The minimum atomic E-state index is -0.228. The number of piperidine rings is 1. The van der Waals surface area contributed by atoms with Crippen molar-refractivity contribution in [1.82, 2.24) is 14.5 Å². The van der Waals surface area contributed by atoms with Crippen molar-refractivity contribution in [3.05, 3.63) is 21.8 Å². The third-order valence-electron chi connectivity index (χ3n) is 3.96. The SMILES string of the molecule is CC(Sc1nc2sccc2c(=O)n1C)C(=O)N1CCCCC1. The van der Waals surface area contributed by atoms with Crippen LogP contribution in [0.25, 0.3) is 10.2 Å². The number of fused-ring (bicyclic) bond motifs is 1. The van der Waals surface area contributed by atoms with Gasteiger partial charge in [0.2, 0.25) is 5.91 Å². The van der Waals surface area contributed by atoms with E-state index in [9.17, 15) is 9.59 Å². The number of nitrogens with zero attached hydrogens (tertiary/aromatic N) is 3. The molecule has 118 valence electrons. The molecule has 1 unspecified atom stereocenters. The Morgan fingerprint density at radius 3 is 2.82 bits per heavy atom. The van der Waals surface area contributed by atoms with Gasteiger partial charge < -0.3 is 4.90 Å². The third kappa shape index (κ3) is 2.92. The maximum Gasteiger partial charge on any atom is 0.262 e. The van der Waals surface area contributed by atoms with Crippen molar-refractivity contribution >= 4 is 39.2 Å². The fraction of sp³-hybridized carbons (Fsp3) is 0.533. The largest absolute Gasteiger partial charge is 0.342 e. The molecule has 0 aliphatic carbocycles. The molecule has 1 atom stereocenters. The van der Waals surface area contributed by atoms with E-state index in [0.29, 0.717) is 10.5 Å². The molecule has 1 fully saturated rings. The van der Waals surface area contributed by atoms with Gasteiger partial charge in [0.05, 0.1) is 10.6 Å². The van der Waals surface area contributed by atoms with E-state index >= 15 is 0 Å². The molecule has 0 N–H and O–H groups in total. The molecule has 0 aromatic carbocycles. The summed E-state index contributed by atoms with van der Waals surface area (Å²) >= 11 is 2.83. The van der Waals surface area contributed by atoms with Gasteiger partial charge in [0.15, 0.2) is 5.16 Å². The molecule has 22 heavy (non-hydrogen) atoms. The monoisotopic (exact) mass is 337 g/mol. The fourth-order valence-electron chi connectivity index (χ4n) is 2.67. The number of aromatic nitrogens is 2. The molecule has 0 spiro atoms. The van der Waals surface area contributed by atoms with Crippen molar-refractivity contribution in [2.75, 3.05) is 13.1 Å². The van der Waals surface area contributed by atoms with Gasteiger partial charge in [-0.05, 0) is 37.6 Å². The van der Waals surface area contributed by atoms with Crippen LogP contribution < -0.4 is 5.56 Å². The van der Waals surface area contributed by atoms with Gasteiger partial charge in [-0.2, -0.15) is 0 Å². The van der Waals surface area contributed by atoms with Crippen molar-refractivity contribution in [3.63, 3.8) is 0 Å². The number of rotatable bonds is 3. The molecular weight excluding hydrogens is 318 g/mol. The Morgan fingerprint density at radius 1 is 1.36 bits per heavy atom. The van der Waals surface area contributed by atoms with Crippen LogP contribution >= 0.6 is 23.1 Å². The van der Waals surface area contributed by atoms with E-state index in [-0.39, 0.29) is 16.7 Å². The third-order valence-corrected chi connectivity index (χ3v) is 5.90. The maximum absolute atomic E-state index is 12.5. The van der Waals surface area contributed by atoms with E-state index in [1.54, 1.807) is 17.7 Å². The topological polar surface area (TPSA) is 55.2 Å².